The van der Waals surface area contributed by atoms with Crippen molar-refractivity contribution in [1.29, 1.82) is 0 Å². The second-order valence-electron chi connectivity index (χ2n) is 6.01. The molecule has 1 aromatic rings. The number of hydrogen-bond donors (Lipinski definition) is 1. The molecule has 20 heavy (non-hydrogen) atoms. The van der Waals surface area contributed by atoms with Gasteiger partial charge in [-0.3, -0.25) is 0 Å². The maximum absolute atomic E-state index is 14.3. The molecule has 1 aromatic carbocycles. The number of ether oxygens (including phenoxy) is 2. The SMILES string of the molecule is COc1cccc(CC2(CO)CCOC2C2CC2)c1F. The molecule has 2 fully saturated rings. The Hall–Kier alpha value is -1.13. The highest BCUT2D eigenvalue weighted by molar-refractivity contribution is 5.32. The minimum Gasteiger partial charge on any atom is -0.494 e. The Morgan fingerprint density at radius 3 is 2.90 bits per heavy atom. The van der Waals surface area contributed by atoms with Crippen LogP contribution in [-0.2, 0) is 11.2 Å². The van der Waals surface area contributed by atoms with Crippen molar-refractivity contribution in [2.75, 3.05) is 20.3 Å². The summed E-state index contributed by atoms with van der Waals surface area (Å²) in [5, 5.41) is 9.91. The molecule has 2 atom stereocenters. The molecule has 1 N–H and O–H groups in total. The zero-order chi connectivity index (χ0) is 14.2. The van der Waals surface area contributed by atoms with E-state index >= 15 is 0 Å². The van der Waals surface area contributed by atoms with Crippen molar-refractivity contribution in [1.82, 2.24) is 0 Å². The lowest BCUT2D eigenvalue weighted by atomic mass is 9.74. The third-order valence-electron chi connectivity index (χ3n) is 4.67. The summed E-state index contributed by atoms with van der Waals surface area (Å²) in [7, 11) is 1.47. The van der Waals surface area contributed by atoms with Crippen molar-refractivity contribution in [3.63, 3.8) is 0 Å². The van der Waals surface area contributed by atoms with E-state index in [-0.39, 0.29) is 29.7 Å². The fourth-order valence-corrected chi connectivity index (χ4v) is 3.39. The Labute approximate surface area is 118 Å². The van der Waals surface area contributed by atoms with Crippen molar-refractivity contribution < 1.29 is 19.0 Å². The zero-order valence-corrected chi connectivity index (χ0v) is 11.8. The summed E-state index contributed by atoms with van der Waals surface area (Å²) < 4.78 is 25.2. The molecule has 2 aliphatic rings. The van der Waals surface area contributed by atoms with Crippen LogP contribution in [0.4, 0.5) is 4.39 Å². The lowest BCUT2D eigenvalue weighted by Crippen LogP contribution is -2.38. The highest BCUT2D eigenvalue weighted by Gasteiger charge is 2.50. The lowest BCUT2D eigenvalue weighted by molar-refractivity contribution is 0.000170. The second-order valence-corrected chi connectivity index (χ2v) is 6.01. The van der Waals surface area contributed by atoms with Gasteiger partial charge in [0, 0.05) is 12.0 Å². The van der Waals surface area contributed by atoms with Crippen LogP contribution in [0.1, 0.15) is 24.8 Å². The minimum atomic E-state index is -0.339. The summed E-state index contributed by atoms with van der Waals surface area (Å²) in [6, 6.07) is 5.19. The number of benzene rings is 1. The first-order chi connectivity index (χ1) is 9.70. The molecular formula is C16H21FO3. The largest absolute Gasteiger partial charge is 0.494 e. The van der Waals surface area contributed by atoms with E-state index in [0.29, 0.717) is 24.5 Å². The highest BCUT2D eigenvalue weighted by atomic mass is 19.1. The number of halogens is 1. The van der Waals surface area contributed by atoms with Gasteiger partial charge in [-0.15, -0.1) is 0 Å². The summed E-state index contributed by atoms with van der Waals surface area (Å²) in [5.74, 6) is 0.486. The summed E-state index contributed by atoms with van der Waals surface area (Å²) in [5.41, 5.74) is 0.267. The van der Waals surface area contributed by atoms with Crippen LogP contribution >= 0.6 is 0 Å². The Bertz CT molecular complexity index is 487. The van der Waals surface area contributed by atoms with E-state index in [0.717, 1.165) is 19.3 Å². The maximum atomic E-state index is 14.3. The quantitative estimate of drug-likeness (QED) is 0.901. The smallest absolute Gasteiger partial charge is 0.168 e. The molecule has 4 heteroatoms. The van der Waals surface area contributed by atoms with E-state index in [1.807, 2.05) is 0 Å². The van der Waals surface area contributed by atoms with Crippen molar-refractivity contribution in [2.45, 2.75) is 31.8 Å². The van der Waals surface area contributed by atoms with Crippen molar-refractivity contribution in [2.24, 2.45) is 11.3 Å². The maximum Gasteiger partial charge on any atom is 0.168 e. The highest BCUT2D eigenvalue weighted by Crippen LogP contribution is 2.49. The number of aliphatic hydroxyl groups is 1. The average molecular weight is 280 g/mol. The van der Waals surface area contributed by atoms with Gasteiger partial charge in [-0.2, -0.15) is 0 Å². The molecule has 1 saturated heterocycles. The van der Waals surface area contributed by atoms with E-state index in [1.165, 1.54) is 7.11 Å². The lowest BCUT2D eigenvalue weighted by Gasteiger charge is -2.32. The number of aliphatic hydroxyl groups excluding tert-OH is 1. The van der Waals surface area contributed by atoms with Gasteiger partial charge in [0.05, 0.1) is 19.8 Å². The Balaban J connectivity index is 1.87. The topological polar surface area (TPSA) is 38.7 Å². The van der Waals surface area contributed by atoms with Crippen LogP contribution in [0, 0.1) is 17.2 Å². The summed E-state index contributed by atoms with van der Waals surface area (Å²) in [6.45, 7) is 0.706. The Morgan fingerprint density at radius 1 is 1.45 bits per heavy atom. The van der Waals surface area contributed by atoms with E-state index in [2.05, 4.69) is 0 Å². The van der Waals surface area contributed by atoms with Crippen LogP contribution in [0.25, 0.3) is 0 Å². The predicted molar refractivity (Wildman–Crippen MR) is 73.3 cm³/mol. The van der Waals surface area contributed by atoms with Gasteiger partial charge >= 0.3 is 0 Å². The monoisotopic (exact) mass is 280 g/mol. The van der Waals surface area contributed by atoms with E-state index in [4.69, 9.17) is 9.47 Å². The van der Waals surface area contributed by atoms with Crippen LogP contribution in [0.3, 0.4) is 0 Å². The van der Waals surface area contributed by atoms with Gasteiger partial charge in [-0.25, -0.2) is 4.39 Å². The van der Waals surface area contributed by atoms with Crippen LogP contribution < -0.4 is 4.74 Å². The number of hydrogen-bond acceptors (Lipinski definition) is 3. The molecule has 3 nitrogen and oxygen atoms in total. The second kappa shape index (κ2) is 5.34. The van der Waals surface area contributed by atoms with Gasteiger partial charge in [-0.05, 0) is 43.2 Å². The molecule has 0 amide bonds. The Morgan fingerprint density at radius 2 is 2.25 bits per heavy atom. The normalized spacial score (nSPS) is 29.6. The molecule has 3 rings (SSSR count). The first kappa shape index (κ1) is 13.8. The molecule has 110 valence electrons. The number of methoxy groups -OCH3 is 1. The molecule has 0 bridgehead atoms. The van der Waals surface area contributed by atoms with Gasteiger partial charge in [0.2, 0.25) is 0 Å². The van der Waals surface area contributed by atoms with E-state index in [1.54, 1.807) is 18.2 Å². The number of rotatable bonds is 5. The predicted octanol–water partition coefficient (Wildman–Crippen LogP) is 2.55. The fourth-order valence-electron chi connectivity index (χ4n) is 3.39. The van der Waals surface area contributed by atoms with E-state index in [9.17, 15) is 9.50 Å². The molecule has 1 aliphatic heterocycles. The molecule has 0 aromatic heterocycles. The van der Waals surface area contributed by atoms with Crippen LogP contribution in [0.2, 0.25) is 0 Å². The molecule has 2 unspecified atom stereocenters. The van der Waals surface area contributed by atoms with Gasteiger partial charge in [0.1, 0.15) is 0 Å². The third kappa shape index (κ3) is 2.31. The molecule has 1 saturated carbocycles. The van der Waals surface area contributed by atoms with Gasteiger partial charge in [0.15, 0.2) is 11.6 Å². The van der Waals surface area contributed by atoms with Crippen molar-refractivity contribution >= 4 is 0 Å². The third-order valence-corrected chi connectivity index (χ3v) is 4.67. The first-order valence-electron chi connectivity index (χ1n) is 7.24. The standard InChI is InChI=1S/C16H21FO3/c1-19-13-4-2-3-12(14(13)17)9-16(10-18)7-8-20-15(16)11-5-6-11/h2-4,11,15,18H,5-10H2,1H3. The molecule has 1 heterocycles. The first-order valence-corrected chi connectivity index (χ1v) is 7.24. The van der Waals surface area contributed by atoms with Gasteiger partial charge in [0.25, 0.3) is 0 Å². The molecule has 0 spiro atoms. The zero-order valence-electron chi connectivity index (χ0n) is 11.8. The van der Waals surface area contributed by atoms with Crippen LogP contribution in [-0.4, -0.2) is 31.5 Å². The van der Waals surface area contributed by atoms with Crippen molar-refractivity contribution in [3.05, 3.63) is 29.6 Å². The van der Waals surface area contributed by atoms with Crippen molar-refractivity contribution in [3.8, 4) is 5.75 Å². The summed E-state index contributed by atoms with van der Waals surface area (Å²) in [6.07, 6.45) is 3.69. The fraction of sp³-hybridized carbons (Fsp3) is 0.625. The Kier molecular flexibility index (Phi) is 3.69. The average Bonchev–Trinajstić information content (AvgIpc) is 3.22. The van der Waals surface area contributed by atoms with Gasteiger partial charge in [-0.1, -0.05) is 12.1 Å². The van der Waals surface area contributed by atoms with Gasteiger partial charge < -0.3 is 14.6 Å². The summed E-state index contributed by atoms with van der Waals surface area (Å²) >= 11 is 0. The molecular weight excluding hydrogens is 259 g/mol. The van der Waals surface area contributed by atoms with Crippen LogP contribution in [0.5, 0.6) is 5.75 Å². The molecule has 1 aliphatic carbocycles. The summed E-state index contributed by atoms with van der Waals surface area (Å²) in [4.78, 5) is 0. The van der Waals surface area contributed by atoms with E-state index < -0.39 is 0 Å². The minimum absolute atomic E-state index is 0.0464. The molecule has 0 radical (unpaired) electrons. The van der Waals surface area contributed by atoms with Crippen LogP contribution in [0.15, 0.2) is 18.2 Å².